The zero-order valence-corrected chi connectivity index (χ0v) is 9.19. The minimum Gasteiger partial charge on any atom is -0.465 e. The van der Waals surface area contributed by atoms with Crippen LogP contribution in [-0.2, 0) is 9.53 Å². The van der Waals surface area contributed by atoms with Gasteiger partial charge in [0, 0.05) is 0 Å². The minimum absolute atomic E-state index is 0.210. The van der Waals surface area contributed by atoms with Crippen LogP contribution in [0.25, 0.3) is 0 Å². The Kier molecular flexibility index (Phi) is 5.50. The molecule has 0 aliphatic rings. The Morgan fingerprint density at radius 3 is 2.67 bits per heavy atom. The van der Waals surface area contributed by atoms with E-state index in [1.54, 1.807) is 13.8 Å². The molecule has 0 aromatic heterocycles. The second-order valence-electron chi connectivity index (χ2n) is 2.81. The maximum Gasteiger partial charge on any atom is 0.322 e. The number of halogens is 1. The first-order chi connectivity index (χ1) is 5.54. The summed E-state index contributed by atoms with van der Waals surface area (Å²) in [6, 6.07) is 0. The van der Waals surface area contributed by atoms with Crippen LogP contribution in [-0.4, -0.2) is 23.4 Å². The monoisotopic (exact) mass is 237 g/mol. The molecule has 0 saturated heterocycles. The molecule has 0 saturated carbocycles. The molecule has 0 amide bonds. The summed E-state index contributed by atoms with van der Waals surface area (Å²) in [4.78, 5) is 11.3. The Balaban J connectivity index is 3.90. The molecule has 1 atom stereocenters. The van der Waals surface area contributed by atoms with E-state index in [-0.39, 0.29) is 5.97 Å². The fourth-order valence-corrected chi connectivity index (χ4v) is 1.21. The van der Waals surface area contributed by atoms with Gasteiger partial charge in [-0.3, -0.25) is 4.79 Å². The van der Waals surface area contributed by atoms with E-state index in [1.807, 2.05) is 0 Å². The summed E-state index contributed by atoms with van der Waals surface area (Å²) in [5.41, 5.74) is 5.34. The van der Waals surface area contributed by atoms with E-state index in [2.05, 4.69) is 15.9 Å². The molecule has 0 aliphatic carbocycles. The summed E-state index contributed by atoms with van der Waals surface area (Å²) >= 11 is 3.32. The van der Waals surface area contributed by atoms with Crippen molar-refractivity contribution in [1.29, 1.82) is 0 Å². The van der Waals surface area contributed by atoms with Crippen molar-refractivity contribution in [2.75, 3.05) is 13.2 Å². The Morgan fingerprint density at radius 2 is 2.25 bits per heavy atom. The average molecular weight is 238 g/mol. The number of carbonyl (C=O) groups excluding carboxylic acids is 1. The third kappa shape index (κ3) is 4.07. The third-order valence-corrected chi connectivity index (χ3v) is 2.27. The standard InChI is InChI=1S/C8H16BrNO2/c1-3-12-7(11)8(2,9)5-4-6-10/h3-6,10H2,1-2H3. The van der Waals surface area contributed by atoms with Crippen molar-refractivity contribution in [3.05, 3.63) is 0 Å². The maximum absolute atomic E-state index is 11.3. The van der Waals surface area contributed by atoms with E-state index in [0.29, 0.717) is 19.6 Å². The van der Waals surface area contributed by atoms with Gasteiger partial charge in [0.25, 0.3) is 0 Å². The topological polar surface area (TPSA) is 52.3 Å². The highest BCUT2D eigenvalue weighted by molar-refractivity contribution is 9.10. The van der Waals surface area contributed by atoms with Crippen molar-refractivity contribution in [2.24, 2.45) is 5.73 Å². The molecule has 0 radical (unpaired) electrons. The van der Waals surface area contributed by atoms with Crippen LogP contribution in [0.4, 0.5) is 0 Å². The van der Waals surface area contributed by atoms with Crippen LogP contribution in [0.2, 0.25) is 0 Å². The van der Waals surface area contributed by atoms with Crippen molar-refractivity contribution < 1.29 is 9.53 Å². The van der Waals surface area contributed by atoms with Gasteiger partial charge in [0.1, 0.15) is 4.32 Å². The second-order valence-corrected chi connectivity index (χ2v) is 4.56. The predicted molar refractivity (Wildman–Crippen MR) is 52.3 cm³/mol. The Bertz CT molecular complexity index is 148. The van der Waals surface area contributed by atoms with Crippen molar-refractivity contribution >= 4 is 21.9 Å². The van der Waals surface area contributed by atoms with Crippen molar-refractivity contribution in [1.82, 2.24) is 0 Å². The molecule has 0 spiro atoms. The lowest BCUT2D eigenvalue weighted by molar-refractivity contribution is -0.145. The normalized spacial score (nSPS) is 15.3. The SMILES string of the molecule is CCOC(=O)C(C)(Br)CCCN. The lowest BCUT2D eigenvalue weighted by Gasteiger charge is -2.19. The van der Waals surface area contributed by atoms with Crippen LogP contribution < -0.4 is 5.73 Å². The van der Waals surface area contributed by atoms with Crippen LogP contribution in [0.1, 0.15) is 26.7 Å². The van der Waals surface area contributed by atoms with Gasteiger partial charge in [0.15, 0.2) is 0 Å². The van der Waals surface area contributed by atoms with E-state index in [1.165, 1.54) is 0 Å². The number of rotatable bonds is 5. The van der Waals surface area contributed by atoms with E-state index in [9.17, 15) is 4.79 Å². The third-order valence-electron chi connectivity index (χ3n) is 1.55. The molecule has 12 heavy (non-hydrogen) atoms. The predicted octanol–water partition coefficient (Wildman–Crippen LogP) is 1.44. The van der Waals surface area contributed by atoms with Crippen molar-refractivity contribution in [3.63, 3.8) is 0 Å². The Hall–Kier alpha value is -0.0900. The molecule has 72 valence electrons. The summed E-state index contributed by atoms with van der Waals surface area (Å²) in [7, 11) is 0. The zero-order chi connectivity index (χ0) is 9.61. The first-order valence-corrected chi connectivity index (χ1v) is 4.90. The number of hydrogen-bond acceptors (Lipinski definition) is 3. The lowest BCUT2D eigenvalue weighted by atomic mass is 10.1. The van der Waals surface area contributed by atoms with Crippen LogP contribution in [0.15, 0.2) is 0 Å². The molecule has 0 heterocycles. The first-order valence-electron chi connectivity index (χ1n) is 4.10. The van der Waals surface area contributed by atoms with Gasteiger partial charge in [-0.05, 0) is 33.2 Å². The fraction of sp³-hybridized carbons (Fsp3) is 0.875. The zero-order valence-electron chi connectivity index (χ0n) is 7.60. The molecular formula is C8H16BrNO2. The lowest BCUT2D eigenvalue weighted by Crippen LogP contribution is -2.31. The molecule has 0 aromatic carbocycles. The van der Waals surface area contributed by atoms with Gasteiger partial charge < -0.3 is 10.5 Å². The van der Waals surface area contributed by atoms with Crippen LogP contribution >= 0.6 is 15.9 Å². The average Bonchev–Trinajstić information content (AvgIpc) is 2.01. The molecule has 3 nitrogen and oxygen atoms in total. The van der Waals surface area contributed by atoms with Crippen LogP contribution in [0, 0.1) is 0 Å². The van der Waals surface area contributed by atoms with Gasteiger partial charge >= 0.3 is 5.97 Å². The van der Waals surface area contributed by atoms with Gasteiger partial charge in [-0.1, -0.05) is 15.9 Å². The summed E-state index contributed by atoms with van der Waals surface area (Å²) in [6.07, 6.45) is 1.53. The van der Waals surface area contributed by atoms with Gasteiger partial charge in [-0.2, -0.15) is 0 Å². The summed E-state index contributed by atoms with van der Waals surface area (Å²) in [5, 5.41) is 0. The first kappa shape index (κ1) is 11.9. The summed E-state index contributed by atoms with van der Waals surface area (Å²) in [5.74, 6) is -0.210. The molecule has 0 aliphatic heterocycles. The van der Waals surface area contributed by atoms with E-state index >= 15 is 0 Å². The van der Waals surface area contributed by atoms with Gasteiger partial charge in [0.05, 0.1) is 6.61 Å². The molecule has 0 rings (SSSR count). The van der Waals surface area contributed by atoms with E-state index in [0.717, 1.165) is 6.42 Å². The molecule has 0 fully saturated rings. The van der Waals surface area contributed by atoms with E-state index in [4.69, 9.17) is 10.5 Å². The largest absolute Gasteiger partial charge is 0.465 e. The molecular weight excluding hydrogens is 222 g/mol. The molecule has 0 bridgehead atoms. The van der Waals surface area contributed by atoms with Gasteiger partial charge in [-0.15, -0.1) is 0 Å². The minimum atomic E-state index is -0.567. The molecule has 0 aromatic rings. The number of nitrogens with two attached hydrogens (primary N) is 1. The summed E-state index contributed by atoms with van der Waals surface area (Å²) in [6.45, 7) is 4.62. The number of esters is 1. The molecule has 2 N–H and O–H groups in total. The van der Waals surface area contributed by atoms with Gasteiger partial charge in [-0.25, -0.2) is 0 Å². The molecule has 4 heteroatoms. The highest BCUT2D eigenvalue weighted by Gasteiger charge is 2.30. The van der Waals surface area contributed by atoms with E-state index < -0.39 is 4.32 Å². The highest BCUT2D eigenvalue weighted by atomic mass is 79.9. The van der Waals surface area contributed by atoms with Gasteiger partial charge in [0.2, 0.25) is 0 Å². The van der Waals surface area contributed by atoms with Crippen molar-refractivity contribution in [2.45, 2.75) is 31.0 Å². The van der Waals surface area contributed by atoms with Crippen LogP contribution in [0.5, 0.6) is 0 Å². The maximum atomic E-state index is 11.3. The molecule has 1 unspecified atom stereocenters. The Morgan fingerprint density at radius 1 is 1.67 bits per heavy atom. The smallest absolute Gasteiger partial charge is 0.322 e. The van der Waals surface area contributed by atoms with Crippen molar-refractivity contribution in [3.8, 4) is 0 Å². The Labute approximate surface area is 81.8 Å². The quantitative estimate of drug-likeness (QED) is 0.582. The number of carbonyl (C=O) groups is 1. The second kappa shape index (κ2) is 5.54. The van der Waals surface area contributed by atoms with Crippen LogP contribution in [0.3, 0.4) is 0 Å². The number of alkyl halides is 1. The number of ether oxygens (including phenoxy) is 1. The summed E-state index contributed by atoms with van der Waals surface area (Å²) < 4.78 is 4.31. The number of hydrogen-bond donors (Lipinski definition) is 1. The highest BCUT2D eigenvalue weighted by Crippen LogP contribution is 2.24. The fourth-order valence-electron chi connectivity index (χ4n) is 0.818.